The summed E-state index contributed by atoms with van der Waals surface area (Å²) in [5.41, 5.74) is 0.592. The van der Waals surface area contributed by atoms with Gasteiger partial charge in [0.25, 0.3) is 5.91 Å². The fraction of sp³-hybridized carbons (Fsp3) is 0.333. The average Bonchev–Trinajstić information content (AvgIpc) is 2.29. The molecule has 0 aromatic heterocycles. The van der Waals surface area contributed by atoms with Crippen molar-refractivity contribution in [2.75, 3.05) is 0 Å². The first-order valence-corrected chi connectivity index (χ1v) is 5.03. The number of nitrogens with zero attached hydrogens (tertiary/aromatic N) is 1. The number of carbonyl (C=O) groups is 1. The van der Waals surface area contributed by atoms with E-state index in [0.29, 0.717) is 12.0 Å². The van der Waals surface area contributed by atoms with E-state index in [1.165, 1.54) is 0 Å². The Balaban J connectivity index is 2.60. The maximum Gasteiger partial charge on any atom is 0.252 e. The summed E-state index contributed by atoms with van der Waals surface area (Å²) in [7, 11) is 0. The van der Waals surface area contributed by atoms with Crippen molar-refractivity contribution >= 4 is 5.91 Å². The van der Waals surface area contributed by atoms with Crippen molar-refractivity contribution in [2.45, 2.75) is 25.8 Å². The molecule has 15 heavy (non-hydrogen) atoms. The lowest BCUT2D eigenvalue weighted by atomic mass is 10.1. The van der Waals surface area contributed by atoms with Gasteiger partial charge < -0.3 is 5.32 Å². The van der Waals surface area contributed by atoms with Crippen molar-refractivity contribution in [3.8, 4) is 6.07 Å². The van der Waals surface area contributed by atoms with Crippen molar-refractivity contribution in [3.05, 3.63) is 35.9 Å². The molecule has 0 bridgehead atoms. The molecule has 1 rings (SSSR count). The van der Waals surface area contributed by atoms with Crippen LogP contribution in [0, 0.1) is 11.3 Å². The SMILES string of the molecule is CCCC(C#N)NC(=O)c1ccccc1. The second kappa shape index (κ2) is 5.82. The van der Waals surface area contributed by atoms with Crippen molar-refractivity contribution < 1.29 is 4.79 Å². The zero-order valence-corrected chi connectivity index (χ0v) is 8.73. The number of hydrogen-bond acceptors (Lipinski definition) is 2. The standard InChI is InChI=1S/C12H14N2O/c1-2-6-11(9-13)14-12(15)10-7-4-3-5-8-10/h3-5,7-8,11H,2,6H2,1H3,(H,14,15). The van der Waals surface area contributed by atoms with Crippen molar-refractivity contribution in [3.63, 3.8) is 0 Å². The van der Waals surface area contributed by atoms with Gasteiger partial charge in [-0.2, -0.15) is 5.26 Å². The van der Waals surface area contributed by atoms with E-state index >= 15 is 0 Å². The third kappa shape index (κ3) is 3.43. The fourth-order valence-corrected chi connectivity index (χ4v) is 1.29. The maximum atomic E-state index is 11.6. The van der Waals surface area contributed by atoms with Gasteiger partial charge in [-0.15, -0.1) is 0 Å². The molecule has 0 fully saturated rings. The van der Waals surface area contributed by atoms with Gasteiger partial charge in [0.1, 0.15) is 6.04 Å². The van der Waals surface area contributed by atoms with Crippen LogP contribution in [-0.4, -0.2) is 11.9 Å². The molecule has 1 aromatic rings. The normalized spacial score (nSPS) is 11.5. The first-order valence-electron chi connectivity index (χ1n) is 5.03. The molecule has 78 valence electrons. The Morgan fingerprint density at radius 1 is 1.47 bits per heavy atom. The molecule has 0 saturated heterocycles. The lowest BCUT2D eigenvalue weighted by molar-refractivity contribution is 0.0944. The Hall–Kier alpha value is -1.82. The first kappa shape index (κ1) is 11.3. The van der Waals surface area contributed by atoms with Crippen LogP contribution in [0.15, 0.2) is 30.3 Å². The Labute approximate surface area is 89.7 Å². The molecule has 1 amide bonds. The van der Waals surface area contributed by atoms with Crippen LogP contribution in [0.4, 0.5) is 0 Å². The molecular formula is C12H14N2O. The molecule has 0 radical (unpaired) electrons. The lowest BCUT2D eigenvalue weighted by Gasteiger charge is -2.09. The molecule has 1 atom stereocenters. The summed E-state index contributed by atoms with van der Waals surface area (Å²) in [6.45, 7) is 1.99. The number of nitriles is 1. The predicted molar refractivity (Wildman–Crippen MR) is 58.2 cm³/mol. The fourth-order valence-electron chi connectivity index (χ4n) is 1.29. The molecule has 1 aromatic carbocycles. The molecule has 3 heteroatoms. The van der Waals surface area contributed by atoms with Gasteiger partial charge in [0.15, 0.2) is 0 Å². The van der Waals surface area contributed by atoms with E-state index in [2.05, 4.69) is 11.4 Å². The summed E-state index contributed by atoms with van der Waals surface area (Å²) in [6.07, 6.45) is 1.57. The Morgan fingerprint density at radius 2 is 2.13 bits per heavy atom. The van der Waals surface area contributed by atoms with Gasteiger partial charge in [-0.1, -0.05) is 31.5 Å². The van der Waals surface area contributed by atoms with Crippen LogP contribution in [0.2, 0.25) is 0 Å². The smallest absolute Gasteiger partial charge is 0.252 e. The topological polar surface area (TPSA) is 52.9 Å². The van der Waals surface area contributed by atoms with Gasteiger partial charge >= 0.3 is 0 Å². The predicted octanol–water partition coefficient (Wildman–Crippen LogP) is 2.11. The molecule has 0 aliphatic rings. The van der Waals surface area contributed by atoms with Gasteiger partial charge in [0.05, 0.1) is 6.07 Å². The zero-order valence-electron chi connectivity index (χ0n) is 8.73. The van der Waals surface area contributed by atoms with Crippen molar-refractivity contribution in [1.82, 2.24) is 5.32 Å². The Bertz CT molecular complexity index is 354. The van der Waals surface area contributed by atoms with Crippen LogP contribution in [0.25, 0.3) is 0 Å². The highest BCUT2D eigenvalue weighted by Gasteiger charge is 2.11. The van der Waals surface area contributed by atoms with Gasteiger partial charge in [-0.05, 0) is 18.6 Å². The Morgan fingerprint density at radius 3 is 2.67 bits per heavy atom. The molecule has 0 saturated carbocycles. The van der Waals surface area contributed by atoms with E-state index in [-0.39, 0.29) is 11.9 Å². The molecule has 0 heterocycles. The van der Waals surface area contributed by atoms with Crippen LogP contribution < -0.4 is 5.32 Å². The Kier molecular flexibility index (Phi) is 4.36. The molecule has 3 nitrogen and oxygen atoms in total. The van der Waals surface area contributed by atoms with E-state index in [1.54, 1.807) is 24.3 Å². The van der Waals surface area contributed by atoms with Gasteiger partial charge in [0, 0.05) is 5.56 Å². The third-order valence-electron chi connectivity index (χ3n) is 2.07. The highest BCUT2D eigenvalue weighted by Crippen LogP contribution is 2.01. The van der Waals surface area contributed by atoms with E-state index in [0.717, 1.165) is 6.42 Å². The van der Waals surface area contributed by atoms with Crippen LogP contribution in [0.5, 0.6) is 0 Å². The largest absolute Gasteiger partial charge is 0.336 e. The number of nitrogens with one attached hydrogen (secondary N) is 1. The molecule has 1 unspecified atom stereocenters. The molecular weight excluding hydrogens is 188 g/mol. The highest BCUT2D eigenvalue weighted by atomic mass is 16.1. The van der Waals surface area contributed by atoms with E-state index in [4.69, 9.17) is 5.26 Å². The summed E-state index contributed by atoms with van der Waals surface area (Å²) in [6, 6.07) is 10.6. The highest BCUT2D eigenvalue weighted by molar-refractivity contribution is 5.94. The summed E-state index contributed by atoms with van der Waals surface area (Å²) in [5.74, 6) is -0.185. The van der Waals surface area contributed by atoms with E-state index in [9.17, 15) is 4.79 Å². The van der Waals surface area contributed by atoms with E-state index in [1.807, 2.05) is 13.0 Å². The summed E-state index contributed by atoms with van der Waals surface area (Å²) < 4.78 is 0. The minimum Gasteiger partial charge on any atom is -0.336 e. The quantitative estimate of drug-likeness (QED) is 0.813. The maximum absolute atomic E-state index is 11.6. The van der Waals surface area contributed by atoms with Crippen LogP contribution in [0.1, 0.15) is 30.1 Å². The zero-order chi connectivity index (χ0) is 11.1. The van der Waals surface area contributed by atoms with E-state index < -0.39 is 0 Å². The molecule has 0 aliphatic carbocycles. The molecule has 0 aliphatic heterocycles. The van der Waals surface area contributed by atoms with Gasteiger partial charge in [0.2, 0.25) is 0 Å². The lowest BCUT2D eigenvalue weighted by Crippen LogP contribution is -2.33. The molecule has 1 N–H and O–H groups in total. The third-order valence-corrected chi connectivity index (χ3v) is 2.07. The molecule has 0 spiro atoms. The van der Waals surface area contributed by atoms with Crippen molar-refractivity contribution in [1.29, 1.82) is 5.26 Å². The summed E-state index contributed by atoms with van der Waals surface area (Å²) >= 11 is 0. The summed E-state index contributed by atoms with van der Waals surface area (Å²) in [4.78, 5) is 11.6. The summed E-state index contributed by atoms with van der Waals surface area (Å²) in [5, 5.41) is 11.5. The first-order chi connectivity index (χ1) is 7.27. The second-order valence-corrected chi connectivity index (χ2v) is 3.31. The number of hydrogen-bond donors (Lipinski definition) is 1. The van der Waals surface area contributed by atoms with Crippen molar-refractivity contribution in [2.24, 2.45) is 0 Å². The van der Waals surface area contributed by atoms with Crippen LogP contribution >= 0.6 is 0 Å². The van der Waals surface area contributed by atoms with Gasteiger partial charge in [-0.25, -0.2) is 0 Å². The second-order valence-electron chi connectivity index (χ2n) is 3.31. The number of carbonyl (C=O) groups excluding carboxylic acids is 1. The number of rotatable bonds is 4. The number of benzene rings is 1. The number of amides is 1. The minimum atomic E-state index is -0.386. The van der Waals surface area contributed by atoms with Gasteiger partial charge in [-0.3, -0.25) is 4.79 Å². The average molecular weight is 202 g/mol. The van der Waals surface area contributed by atoms with Crippen LogP contribution in [-0.2, 0) is 0 Å². The van der Waals surface area contributed by atoms with Crippen LogP contribution in [0.3, 0.4) is 0 Å². The monoisotopic (exact) mass is 202 g/mol. The minimum absolute atomic E-state index is 0.185.